The van der Waals surface area contributed by atoms with Gasteiger partial charge >= 0.3 is 0 Å². The first-order valence-electron chi connectivity index (χ1n) is 10.4. The van der Waals surface area contributed by atoms with Crippen molar-refractivity contribution in [2.75, 3.05) is 11.9 Å². The minimum atomic E-state index is -0.230. The lowest BCUT2D eigenvalue weighted by Crippen LogP contribution is -2.37. The predicted molar refractivity (Wildman–Crippen MR) is 116 cm³/mol. The van der Waals surface area contributed by atoms with Crippen molar-refractivity contribution in [3.8, 4) is 5.69 Å². The molecule has 1 heterocycles. The van der Waals surface area contributed by atoms with Crippen LogP contribution in [0.15, 0.2) is 54.6 Å². The van der Waals surface area contributed by atoms with Gasteiger partial charge in [-0.15, -0.1) is 0 Å². The highest BCUT2D eigenvalue weighted by atomic mass is 19.1. The maximum atomic E-state index is 14.3. The Kier molecular flexibility index (Phi) is 5.68. The van der Waals surface area contributed by atoms with Crippen LogP contribution in [0.3, 0.4) is 0 Å². The van der Waals surface area contributed by atoms with E-state index in [1.165, 1.54) is 6.07 Å². The predicted octanol–water partition coefficient (Wildman–Crippen LogP) is 4.79. The summed E-state index contributed by atoms with van der Waals surface area (Å²) in [6, 6.07) is 16.8. The van der Waals surface area contributed by atoms with Gasteiger partial charge in [0, 0.05) is 17.6 Å². The van der Waals surface area contributed by atoms with Gasteiger partial charge in [0.15, 0.2) is 0 Å². The van der Waals surface area contributed by atoms with Gasteiger partial charge in [-0.2, -0.15) is 5.10 Å². The van der Waals surface area contributed by atoms with Crippen LogP contribution >= 0.6 is 0 Å². The van der Waals surface area contributed by atoms with Crippen LogP contribution in [0.5, 0.6) is 0 Å². The van der Waals surface area contributed by atoms with Crippen molar-refractivity contribution >= 4 is 11.6 Å². The number of nitrogens with one attached hydrogen (secondary N) is 1. The molecule has 5 nitrogen and oxygen atoms in total. The van der Waals surface area contributed by atoms with Crippen LogP contribution in [0.25, 0.3) is 5.69 Å². The van der Waals surface area contributed by atoms with Crippen LogP contribution < -0.4 is 5.32 Å². The first-order chi connectivity index (χ1) is 14.5. The summed E-state index contributed by atoms with van der Waals surface area (Å²) in [5.41, 5.74) is 3.96. The average molecular weight is 407 g/mol. The third-order valence-corrected chi connectivity index (χ3v) is 5.75. The minimum Gasteiger partial charge on any atom is -0.322 e. The van der Waals surface area contributed by atoms with Gasteiger partial charge in [-0.05, 0) is 51.8 Å². The number of para-hydroxylation sites is 1. The van der Waals surface area contributed by atoms with Gasteiger partial charge in [-0.25, -0.2) is 9.07 Å². The Hall–Kier alpha value is -2.99. The minimum absolute atomic E-state index is 0.107. The van der Waals surface area contributed by atoms with E-state index in [1.54, 1.807) is 12.1 Å². The molecule has 1 N–H and O–H groups in total. The molecule has 1 saturated carbocycles. The topological polar surface area (TPSA) is 50.2 Å². The molecular weight excluding hydrogens is 379 g/mol. The molecule has 3 aromatic rings. The fraction of sp³-hybridized carbons (Fsp3) is 0.333. The van der Waals surface area contributed by atoms with Crippen LogP contribution in [0.4, 0.5) is 10.1 Å². The lowest BCUT2D eigenvalue weighted by Gasteiger charge is -2.29. The third-order valence-electron chi connectivity index (χ3n) is 5.75. The Balaban J connectivity index is 1.51. The SMILES string of the molecule is Cc1nn(-c2ccccc2)c(C)c1NC(=O)CN(C1CC1)[C@@H](C)c1ccccc1F. The van der Waals surface area contributed by atoms with Crippen molar-refractivity contribution in [1.29, 1.82) is 0 Å². The first kappa shape index (κ1) is 20.3. The van der Waals surface area contributed by atoms with E-state index in [9.17, 15) is 9.18 Å². The second-order valence-electron chi connectivity index (χ2n) is 7.94. The monoisotopic (exact) mass is 406 g/mol. The molecule has 1 aromatic heterocycles. The fourth-order valence-electron chi connectivity index (χ4n) is 3.97. The van der Waals surface area contributed by atoms with E-state index in [-0.39, 0.29) is 24.3 Å². The number of hydrogen-bond acceptors (Lipinski definition) is 3. The lowest BCUT2D eigenvalue weighted by molar-refractivity contribution is -0.118. The van der Waals surface area contributed by atoms with E-state index in [0.29, 0.717) is 11.6 Å². The Morgan fingerprint density at radius 2 is 1.83 bits per heavy atom. The quantitative estimate of drug-likeness (QED) is 0.614. The third kappa shape index (κ3) is 4.14. The molecule has 156 valence electrons. The molecule has 2 aromatic carbocycles. The Bertz CT molecular complexity index is 1040. The van der Waals surface area contributed by atoms with Crippen molar-refractivity contribution in [3.63, 3.8) is 0 Å². The number of amides is 1. The molecule has 1 atom stereocenters. The molecule has 0 aliphatic heterocycles. The zero-order chi connectivity index (χ0) is 21.3. The van der Waals surface area contributed by atoms with E-state index in [4.69, 9.17) is 0 Å². The molecule has 0 radical (unpaired) electrons. The number of hydrogen-bond donors (Lipinski definition) is 1. The van der Waals surface area contributed by atoms with E-state index >= 15 is 0 Å². The molecule has 30 heavy (non-hydrogen) atoms. The number of carbonyl (C=O) groups is 1. The van der Waals surface area contributed by atoms with E-state index in [2.05, 4.69) is 15.3 Å². The van der Waals surface area contributed by atoms with Crippen molar-refractivity contribution < 1.29 is 9.18 Å². The molecule has 6 heteroatoms. The molecule has 1 fully saturated rings. The Morgan fingerprint density at radius 3 is 2.50 bits per heavy atom. The average Bonchev–Trinajstić information content (AvgIpc) is 3.55. The van der Waals surface area contributed by atoms with Crippen LogP contribution in [0.2, 0.25) is 0 Å². The number of halogens is 1. The molecule has 4 rings (SSSR count). The fourth-order valence-corrected chi connectivity index (χ4v) is 3.97. The summed E-state index contributed by atoms with van der Waals surface area (Å²) in [6.45, 7) is 6.02. The van der Waals surface area contributed by atoms with Crippen molar-refractivity contribution in [2.45, 2.75) is 45.7 Å². The van der Waals surface area contributed by atoms with Crippen LogP contribution in [0.1, 0.15) is 42.8 Å². The van der Waals surface area contributed by atoms with E-state index in [1.807, 2.05) is 61.9 Å². The summed E-state index contributed by atoms with van der Waals surface area (Å²) in [4.78, 5) is 15.0. The summed E-state index contributed by atoms with van der Waals surface area (Å²) in [5, 5.41) is 7.64. The van der Waals surface area contributed by atoms with Gasteiger partial charge in [0.2, 0.25) is 5.91 Å². The van der Waals surface area contributed by atoms with Crippen molar-refractivity contribution in [2.24, 2.45) is 0 Å². The molecule has 0 saturated heterocycles. The summed E-state index contributed by atoms with van der Waals surface area (Å²) in [5.74, 6) is -0.337. The van der Waals surface area contributed by atoms with Gasteiger partial charge in [-0.1, -0.05) is 36.4 Å². The summed E-state index contributed by atoms with van der Waals surface area (Å²) >= 11 is 0. The number of carbonyl (C=O) groups excluding carboxylic acids is 1. The normalized spacial score (nSPS) is 14.7. The molecule has 1 aliphatic rings. The van der Waals surface area contributed by atoms with Gasteiger partial charge < -0.3 is 5.32 Å². The van der Waals surface area contributed by atoms with Gasteiger partial charge in [0.1, 0.15) is 5.82 Å². The molecule has 0 spiro atoms. The largest absolute Gasteiger partial charge is 0.322 e. The summed E-state index contributed by atoms with van der Waals surface area (Å²) < 4.78 is 16.1. The molecular formula is C24H27FN4O. The number of aryl methyl sites for hydroxylation is 1. The molecule has 1 aliphatic carbocycles. The van der Waals surface area contributed by atoms with Crippen LogP contribution in [-0.2, 0) is 4.79 Å². The van der Waals surface area contributed by atoms with E-state index < -0.39 is 0 Å². The number of benzene rings is 2. The standard InChI is InChI=1S/C24H27FN4O/c1-16-24(18(3)29(27-16)20-9-5-4-6-10-20)26-23(30)15-28(19-13-14-19)17(2)21-11-7-8-12-22(21)25/h4-12,17,19H,13-15H2,1-3H3,(H,26,30)/t17-/m0/s1. The lowest BCUT2D eigenvalue weighted by atomic mass is 10.1. The second kappa shape index (κ2) is 8.40. The summed E-state index contributed by atoms with van der Waals surface area (Å²) in [6.07, 6.45) is 2.08. The Morgan fingerprint density at radius 1 is 1.17 bits per heavy atom. The molecule has 0 bridgehead atoms. The maximum absolute atomic E-state index is 14.3. The van der Waals surface area contributed by atoms with Crippen molar-refractivity contribution in [1.82, 2.24) is 14.7 Å². The number of anilines is 1. The highest BCUT2D eigenvalue weighted by Crippen LogP contribution is 2.35. The second-order valence-corrected chi connectivity index (χ2v) is 7.94. The highest BCUT2D eigenvalue weighted by molar-refractivity contribution is 5.93. The highest BCUT2D eigenvalue weighted by Gasteiger charge is 2.35. The Labute approximate surface area is 176 Å². The van der Waals surface area contributed by atoms with Crippen LogP contribution in [0, 0.1) is 19.7 Å². The maximum Gasteiger partial charge on any atom is 0.238 e. The zero-order valence-electron chi connectivity index (χ0n) is 17.6. The molecule has 0 unspecified atom stereocenters. The first-order valence-corrected chi connectivity index (χ1v) is 10.4. The number of rotatable bonds is 7. The number of nitrogens with zero attached hydrogens (tertiary/aromatic N) is 3. The van der Waals surface area contributed by atoms with Gasteiger partial charge in [0.05, 0.1) is 29.3 Å². The van der Waals surface area contributed by atoms with E-state index in [0.717, 1.165) is 35.6 Å². The summed E-state index contributed by atoms with van der Waals surface area (Å²) in [7, 11) is 0. The zero-order valence-corrected chi connectivity index (χ0v) is 17.6. The smallest absolute Gasteiger partial charge is 0.238 e. The van der Waals surface area contributed by atoms with Gasteiger partial charge in [0.25, 0.3) is 0 Å². The molecule has 1 amide bonds. The van der Waals surface area contributed by atoms with Gasteiger partial charge in [-0.3, -0.25) is 9.69 Å². The van der Waals surface area contributed by atoms with Crippen LogP contribution in [-0.4, -0.2) is 33.2 Å². The van der Waals surface area contributed by atoms with Crippen molar-refractivity contribution in [3.05, 3.63) is 77.4 Å². The number of aromatic nitrogens is 2.